The van der Waals surface area contributed by atoms with Gasteiger partial charge < -0.3 is 15.4 Å². The highest BCUT2D eigenvalue weighted by molar-refractivity contribution is 5.83. The first kappa shape index (κ1) is 14.0. The minimum Gasteiger partial charge on any atom is -0.502 e. The Morgan fingerprint density at radius 1 is 1.65 bits per heavy atom. The van der Waals surface area contributed by atoms with Crippen molar-refractivity contribution in [3.05, 3.63) is 12.8 Å². The van der Waals surface area contributed by atoms with Crippen molar-refractivity contribution in [2.75, 3.05) is 26.2 Å². The lowest BCUT2D eigenvalue weighted by Crippen LogP contribution is -2.46. The molecule has 0 saturated carbocycles. The average Bonchev–Trinajstić information content (AvgIpc) is 2.79. The van der Waals surface area contributed by atoms with E-state index >= 15 is 0 Å². The topological polar surface area (TPSA) is 50.4 Å². The summed E-state index contributed by atoms with van der Waals surface area (Å²) in [6, 6.07) is 0. The summed E-state index contributed by atoms with van der Waals surface area (Å²) in [6.07, 6.45) is 3.18. The van der Waals surface area contributed by atoms with E-state index in [-0.39, 0.29) is 11.3 Å². The van der Waals surface area contributed by atoms with Crippen LogP contribution < -0.4 is 10.6 Å². The Bertz CT molecular complexity index is 258. The Morgan fingerprint density at radius 3 is 2.94 bits per heavy atom. The molecule has 1 amide bonds. The van der Waals surface area contributed by atoms with Gasteiger partial charge in [-0.25, -0.2) is 0 Å². The van der Waals surface area contributed by atoms with Crippen molar-refractivity contribution in [1.29, 1.82) is 0 Å². The quantitative estimate of drug-likeness (QED) is 0.521. The van der Waals surface area contributed by atoms with Crippen molar-refractivity contribution in [3.8, 4) is 0 Å². The fourth-order valence-electron chi connectivity index (χ4n) is 2.28. The zero-order valence-corrected chi connectivity index (χ0v) is 10.9. The SMILES string of the molecule is C=COCCCNC(=O)C1(C(C)C)CCNC1. The molecule has 1 unspecified atom stereocenters. The van der Waals surface area contributed by atoms with Crippen molar-refractivity contribution >= 4 is 5.91 Å². The Morgan fingerprint density at radius 2 is 2.41 bits per heavy atom. The van der Waals surface area contributed by atoms with Crippen LogP contribution in [0.3, 0.4) is 0 Å². The molecule has 0 spiro atoms. The fraction of sp³-hybridized carbons (Fsp3) is 0.769. The van der Waals surface area contributed by atoms with Gasteiger partial charge in [-0.15, -0.1) is 0 Å². The molecule has 1 fully saturated rings. The molecular weight excluding hydrogens is 216 g/mol. The molecule has 1 atom stereocenters. The minimum absolute atomic E-state index is 0.177. The molecule has 0 aromatic rings. The lowest BCUT2D eigenvalue weighted by atomic mass is 9.75. The molecule has 2 N–H and O–H groups in total. The summed E-state index contributed by atoms with van der Waals surface area (Å²) in [6.45, 7) is 10.7. The Hall–Kier alpha value is -1.03. The van der Waals surface area contributed by atoms with E-state index in [0.29, 0.717) is 19.1 Å². The third-order valence-corrected chi connectivity index (χ3v) is 3.59. The smallest absolute Gasteiger partial charge is 0.227 e. The summed E-state index contributed by atoms with van der Waals surface area (Å²) < 4.78 is 5.01. The van der Waals surface area contributed by atoms with Gasteiger partial charge in [0.15, 0.2) is 0 Å². The van der Waals surface area contributed by atoms with Gasteiger partial charge in [0.05, 0.1) is 18.3 Å². The van der Waals surface area contributed by atoms with E-state index in [9.17, 15) is 4.79 Å². The van der Waals surface area contributed by atoms with Crippen molar-refractivity contribution in [2.45, 2.75) is 26.7 Å². The number of rotatable bonds is 7. The van der Waals surface area contributed by atoms with E-state index in [0.717, 1.165) is 25.9 Å². The van der Waals surface area contributed by atoms with Crippen molar-refractivity contribution < 1.29 is 9.53 Å². The van der Waals surface area contributed by atoms with E-state index in [1.807, 2.05) is 0 Å². The van der Waals surface area contributed by atoms with E-state index in [4.69, 9.17) is 4.74 Å². The van der Waals surface area contributed by atoms with Gasteiger partial charge in [-0.3, -0.25) is 4.79 Å². The monoisotopic (exact) mass is 240 g/mol. The zero-order valence-electron chi connectivity index (χ0n) is 10.9. The number of hydrogen-bond acceptors (Lipinski definition) is 3. The molecule has 0 radical (unpaired) electrons. The molecule has 0 aromatic carbocycles. The third-order valence-electron chi connectivity index (χ3n) is 3.59. The molecule has 4 nitrogen and oxygen atoms in total. The van der Waals surface area contributed by atoms with Crippen molar-refractivity contribution in [2.24, 2.45) is 11.3 Å². The normalized spacial score (nSPS) is 23.7. The maximum absolute atomic E-state index is 12.2. The van der Waals surface area contributed by atoms with Gasteiger partial charge in [0.2, 0.25) is 5.91 Å². The second-order valence-electron chi connectivity index (χ2n) is 4.88. The summed E-state index contributed by atoms with van der Waals surface area (Å²) in [4.78, 5) is 12.2. The molecule has 0 aliphatic carbocycles. The molecule has 1 aliphatic heterocycles. The van der Waals surface area contributed by atoms with Crippen LogP contribution in [0, 0.1) is 11.3 Å². The van der Waals surface area contributed by atoms with Crippen molar-refractivity contribution in [1.82, 2.24) is 10.6 Å². The lowest BCUT2D eigenvalue weighted by molar-refractivity contribution is -0.132. The molecule has 0 bridgehead atoms. The van der Waals surface area contributed by atoms with Gasteiger partial charge in [0, 0.05) is 13.1 Å². The van der Waals surface area contributed by atoms with Crippen LogP contribution in [0.5, 0.6) is 0 Å². The summed E-state index contributed by atoms with van der Waals surface area (Å²) >= 11 is 0. The van der Waals surface area contributed by atoms with Crippen LogP contribution in [0.4, 0.5) is 0 Å². The molecule has 0 aromatic heterocycles. The predicted octanol–water partition coefficient (Wildman–Crippen LogP) is 1.29. The van der Waals surface area contributed by atoms with Crippen LogP contribution in [0.2, 0.25) is 0 Å². The van der Waals surface area contributed by atoms with Crippen LogP contribution in [0.15, 0.2) is 12.8 Å². The summed E-state index contributed by atoms with van der Waals surface area (Å²) in [7, 11) is 0. The molecule has 98 valence electrons. The molecule has 17 heavy (non-hydrogen) atoms. The highest BCUT2D eigenvalue weighted by Crippen LogP contribution is 2.34. The molecule has 1 heterocycles. The van der Waals surface area contributed by atoms with Crippen LogP contribution in [-0.4, -0.2) is 32.1 Å². The molecule has 1 aliphatic rings. The number of amides is 1. The predicted molar refractivity (Wildman–Crippen MR) is 68.5 cm³/mol. The number of carbonyl (C=O) groups excluding carboxylic acids is 1. The summed E-state index contributed by atoms with van der Waals surface area (Å²) in [5, 5.41) is 6.30. The number of nitrogens with one attached hydrogen (secondary N) is 2. The van der Waals surface area contributed by atoms with E-state index in [1.54, 1.807) is 0 Å². The summed E-state index contributed by atoms with van der Waals surface area (Å²) in [5.74, 6) is 0.540. The molecular formula is C13H24N2O2. The highest BCUT2D eigenvalue weighted by Gasteiger charge is 2.43. The third kappa shape index (κ3) is 3.46. The van der Waals surface area contributed by atoms with Gasteiger partial charge in [-0.1, -0.05) is 20.4 Å². The standard InChI is InChI=1S/C13H24N2O2/c1-4-17-9-5-7-15-12(16)13(11(2)3)6-8-14-10-13/h4,11,14H,1,5-10H2,2-3H3,(H,15,16). The van der Waals surface area contributed by atoms with E-state index in [2.05, 4.69) is 31.1 Å². The average molecular weight is 240 g/mol. The van der Waals surface area contributed by atoms with Gasteiger partial charge in [0.1, 0.15) is 0 Å². The molecule has 1 rings (SSSR count). The van der Waals surface area contributed by atoms with Gasteiger partial charge >= 0.3 is 0 Å². The minimum atomic E-state index is -0.223. The van der Waals surface area contributed by atoms with Gasteiger partial charge in [0.25, 0.3) is 0 Å². The van der Waals surface area contributed by atoms with Crippen LogP contribution in [0.1, 0.15) is 26.7 Å². The summed E-state index contributed by atoms with van der Waals surface area (Å²) in [5.41, 5.74) is -0.223. The van der Waals surface area contributed by atoms with Crippen LogP contribution in [-0.2, 0) is 9.53 Å². The number of hydrogen-bond donors (Lipinski definition) is 2. The first-order valence-corrected chi connectivity index (χ1v) is 6.35. The number of carbonyl (C=O) groups is 1. The second kappa shape index (κ2) is 6.64. The molecule has 1 saturated heterocycles. The van der Waals surface area contributed by atoms with Gasteiger partial charge in [-0.2, -0.15) is 0 Å². The Balaban J connectivity index is 2.36. The zero-order chi connectivity index (χ0) is 12.7. The van der Waals surface area contributed by atoms with Crippen LogP contribution >= 0.6 is 0 Å². The van der Waals surface area contributed by atoms with Gasteiger partial charge in [-0.05, 0) is 25.3 Å². The maximum Gasteiger partial charge on any atom is 0.227 e. The largest absolute Gasteiger partial charge is 0.502 e. The maximum atomic E-state index is 12.2. The Labute approximate surface area is 104 Å². The van der Waals surface area contributed by atoms with E-state index in [1.165, 1.54) is 6.26 Å². The molecule has 4 heteroatoms. The fourth-order valence-corrected chi connectivity index (χ4v) is 2.28. The van der Waals surface area contributed by atoms with E-state index < -0.39 is 0 Å². The first-order valence-electron chi connectivity index (χ1n) is 6.35. The number of ether oxygens (including phenoxy) is 1. The highest BCUT2D eigenvalue weighted by atomic mass is 16.5. The Kier molecular flexibility index (Phi) is 5.48. The second-order valence-corrected chi connectivity index (χ2v) is 4.88. The van der Waals surface area contributed by atoms with Crippen LogP contribution in [0.25, 0.3) is 0 Å². The first-order chi connectivity index (χ1) is 8.13. The lowest BCUT2D eigenvalue weighted by Gasteiger charge is -2.31. The van der Waals surface area contributed by atoms with Crippen molar-refractivity contribution in [3.63, 3.8) is 0 Å².